The van der Waals surface area contributed by atoms with Crippen LogP contribution in [0, 0.1) is 6.92 Å². The summed E-state index contributed by atoms with van der Waals surface area (Å²) in [6, 6.07) is 10.7. The highest BCUT2D eigenvalue weighted by Crippen LogP contribution is 2.28. The maximum absolute atomic E-state index is 11.9. The molecule has 0 bridgehead atoms. The molecule has 0 aromatic heterocycles. The number of hydrazine groups is 1. The molecule has 0 fully saturated rings. The molecule has 0 spiro atoms. The third-order valence-corrected chi connectivity index (χ3v) is 5.53. The van der Waals surface area contributed by atoms with Crippen molar-refractivity contribution in [3.63, 3.8) is 0 Å². The van der Waals surface area contributed by atoms with Gasteiger partial charge in [0.2, 0.25) is 0 Å². The van der Waals surface area contributed by atoms with E-state index in [1.54, 1.807) is 30.3 Å². The third-order valence-electron chi connectivity index (χ3n) is 3.32. The van der Waals surface area contributed by atoms with Crippen LogP contribution < -0.4 is 25.6 Å². The van der Waals surface area contributed by atoms with E-state index in [0.29, 0.717) is 16.0 Å². The summed E-state index contributed by atoms with van der Waals surface area (Å²) in [5.41, 5.74) is 5.76. The molecule has 0 radical (unpaired) electrons. The van der Waals surface area contributed by atoms with Gasteiger partial charge in [-0.1, -0.05) is 31.9 Å². The number of rotatable bonds is 6. The summed E-state index contributed by atoms with van der Waals surface area (Å²) < 4.78 is 13.3. The number of amides is 2. The van der Waals surface area contributed by atoms with Crippen molar-refractivity contribution in [1.29, 1.82) is 0 Å². The first kappa shape index (κ1) is 23.6. The molecule has 29 heavy (non-hydrogen) atoms. The minimum Gasteiger partial charge on any atom is -0.484 e. The maximum Gasteiger partial charge on any atom is 0.276 e. The van der Waals surface area contributed by atoms with Crippen LogP contribution >= 0.6 is 60.0 Å². The second kappa shape index (κ2) is 11.5. The Bertz CT molecular complexity index is 927. The van der Waals surface area contributed by atoms with Crippen LogP contribution in [0.25, 0.3) is 0 Å². The molecule has 2 amide bonds. The third kappa shape index (κ3) is 8.29. The van der Waals surface area contributed by atoms with Gasteiger partial charge >= 0.3 is 0 Å². The number of nitrogens with one attached hydrogen (secondary N) is 3. The van der Waals surface area contributed by atoms with Gasteiger partial charge < -0.3 is 9.47 Å². The van der Waals surface area contributed by atoms with Crippen LogP contribution in [0.1, 0.15) is 5.56 Å². The predicted molar refractivity (Wildman–Crippen MR) is 124 cm³/mol. The molecule has 2 aromatic carbocycles. The average molecular weight is 610 g/mol. The topological polar surface area (TPSA) is 88.7 Å². The number of halogens is 3. The van der Waals surface area contributed by atoms with Gasteiger partial charge in [-0.3, -0.25) is 25.8 Å². The molecule has 0 aliphatic heterocycles. The van der Waals surface area contributed by atoms with Gasteiger partial charge in [0.25, 0.3) is 11.8 Å². The van der Waals surface area contributed by atoms with E-state index >= 15 is 0 Å². The molecule has 0 unspecified atom stereocenters. The van der Waals surface area contributed by atoms with Crippen molar-refractivity contribution in [2.45, 2.75) is 6.92 Å². The van der Waals surface area contributed by atoms with Gasteiger partial charge in [0.15, 0.2) is 18.3 Å². The van der Waals surface area contributed by atoms with Crippen molar-refractivity contribution in [3.05, 3.63) is 55.4 Å². The van der Waals surface area contributed by atoms with Crippen LogP contribution in [0.15, 0.2) is 49.8 Å². The number of carbonyl (C=O) groups excluding carboxylic acids is 2. The predicted octanol–water partition coefficient (Wildman–Crippen LogP) is 3.76. The molecule has 0 aliphatic rings. The summed E-state index contributed by atoms with van der Waals surface area (Å²) in [5.74, 6) is 0.134. The Kier molecular flexibility index (Phi) is 9.34. The Balaban J connectivity index is 1.68. The quantitative estimate of drug-likeness (QED) is 0.342. The maximum atomic E-state index is 11.9. The van der Waals surface area contributed by atoms with Crippen molar-refractivity contribution < 1.29 is 19.1 Å². The number of ether oxygens (including phenoxy) is 2. The lowest BCUT2D eigenvalue weighted by Crippen LogP contribution is -2.50. The fourth-order valence-corrected chi connectivity index (χ4v) is 3.52. The number of aryl methyl sites for hydroxylation is 1. The van der Waals surface area contributed by atoms with Gasteiger partial charge in [-0.15, -0.1) is 0 Å². The summed E-state index contributed by atoms with van der Waals surface area (Å²) >= 11 is 15.0. The first-order valence-corrected chi connectivity index (χ1v) is 10.9. The lowest BCUT2D eigenvalue weighted by molar-refractivity contribution is -0.124. The molecular formula is C18H16Br3N3O4S. The van der Waals surface area contributed by atoms with Crippen LogP contribution in [0.2, 0.25) is 0 Å². The van der Waals surface area contributed by atoms with Crippen molar-refractivity contribution in [1.82, 2.24) is 16.2 Å². The molecule has 0 saturated carbocycles. The van der Waals surface area contributed by atoms with E-state index in [-0.39, 0.29) is 18.3 Å². The van der Waals surface area contributed by atoms with E-state index in [4.69, 9.17) is 21.7 Å². The fraction of sp³-hybridized carbons (Fsp3) is 0.167. The summed E-state index contributed by atoms with van der Waals surface area (Å²) in [7, 11) is 0. The number of carbonyl (C=O) groups is 2. The SMILES string of the molecule is Cc1cc(OCC(=O)NNC(=S)NC(=O)COc2ccc(Br)cc2Br)ccc1Br. The van der Waals surface area contributed by atoms with Crippen LogP contribution in [0.4, 0.5) is 0 Å². The lowest BCUT2D eigenvalue weighted by atomic mass is 10.2. The van der Waals surface area contributed by atoms with Gasteiger partial charge in [-0.05, 0) is 77.0 Å². The summed E-state index contributed by atoms with van der Waals surface area (Å²) in [5, 5.41) is 2.33. The molecule has 0 heterocycles. The molecule has 0 saturated heterocycles. The van der Waals surface area contributed by atoms with Crippen LogP contribution in [-0.2, 0) is 9.59 Å². The zero-order valence-corrected chi connectivity index (χ0v) is 20.6. The average Bonchev–Trinajstić information content (AvgIpc) is 2.66. The van der Waals surface area contributed by atoms with Crippen molar-refractivity contribution in [2.75, 3.05) is 13.2 Å². The lowest BCUT2D eigenvalue weighted by Gasteiger charge is -2.12. The van der Waals surface area contributed by atoms with Gasteiger partial charge in [-0.2, -0.15) is 0 Å². The molecule has 0 aliphatic carbocycles. The van der Waals surface area contributed by atoms with Gasteiger partial charge in [0.05, 0.1) is 4.47 Å². The Morgan fingerprint density at radius 1 is 0.931 bits per heavy atom. The van der Waals surface area contributed by atoms with E-state index in [9.17, 15) is 9.59 Å². The van der Waals surface area contributed by atoms with Crippen LogP contribution in [0.3, 0.4) is 0 Å². The highest BCUT2D eigenvalue weighted by molar-refractivity contribution is 9.11. The summed E-state index contributed by atoms with van der Waals surface area (Å²) in [6.45, 7) is 1.45. The van der Waals surface area contributed by atoms with Crippen LogP contribution in [-0.4, -0.2) is 30.1 Å². The molecule has 0 atom stereocenters. The Hall–Kier alpha value is -1.69. The minimum atomic E-state index is -0.479. The normalized spacial score (nSPS) is 10.1. The van der Waals surface area contributed by atoms with E-state index in [2.05, 4.69) is 64.0 Å². The van der Waals surface area contributed by atoms with E-state index in [0.717, 1.165) is 14.5 Å². The fourth-order valence-electron chi connectivity index (χ4n) is 1.95. The second-order valence-electron chi connectivity index (χ2n) is 5.61. The Labute approximate surface area is 198 Å². The monoisotopic (exact) mass is 607 g/mol. The Morgan fingerprint density at radius 3 is 2.34 bits per heavy atom. The van der Waals surface area contributed by atoms with E-state index in [1.165, 1.54) is 0 Å². The smallest absolute Gasteiger partial charge is 0.276 e. The first-order valence-electron chi connectivity index (χ1n) is 8.10. The summed E-state index contributed by atoms with van der Waals surface area (Å²) in [4.78, 5) is 23.7. The van der Waals surface area contributed by atoms with Gasteiger partial charge in [0.1, 0.15) is 11.5 Å². The molecule has 154 valence electrons. The first-order chi connectivity index (χ1) is 13.7. The Morgan fingerprint density at radius 2 is 1.66 bits per heavy atom. The van der Waals surface area contributed by atoms with Crippen molar-refractivity contribution in [3.8, 4) is 11.5 Å². The largest absolute Gasteiger partial charge is 0.484 e. The highest BCUT2D eigenvalue weighted by atomic mass is 79.9. The van der Waals surface area contributed by atoms with Crippen molar-refractivity contribution in [2.24, 2.45) is 0 Å². The van der Waals surface area contributed by atoms with E-state index < -0.39 is 11.8 Å². The molecule has 3 N–H and O–H groups in total. The second-order valence-corrected chi connectivity index (χ2v) is 8.65. The molecular weight excluding hydrogens is 594 g/mol. The highest BCUT2D eigenvalue weighted by Gasteiger charge is 2.09. The molecule has 2 rings (SSSR count). The van der Waals surface area contributed by atoms with E-state index in [1.807, 2.05) is 13.0 Å². The number of benzene rings is 2. The number of hydrogen-bond acceptors (Lipinski definition) is 5. The zero-order valence-electron chi connectivity index (χ0n) is 15.1. The molecule has 2 aromatic rings. The zero-order chi connectivity index (χ0) is 21.4. The van der Waals surface area contributed by atoms with Crippen LogP contribution in [0.5, 0.6) is 11.5 Å². The van der Waals surface area contributed by atoms with Crippen molar-refractivity contribution >= 4 is 76.9 Å². The minimum absolute atomic E-state index is 0.0682. The molecule has 7 nitrogen and oxygen atoms in total. The standard InChI is InChI=1S/C18H16Br3N3O4S/c1-10-6-12(3-4-13(10)20)27-9-17(26)23-24-18(29)22-16(25)8-28-15-5-2-11(19)7-14(15)21/h2-7H,8-9H2,1H3,(H,23,26)(H2,22,24,25,29). The molecule has 11 heteroatoms. The number of hydrogen-bond donors (Lipinski definition) is 3. The number of thiocarbonyl (C=S) groups is 1. The van der Waals surface area contributed by atoms with Gasteiger partial charge in [0, 0.05) is 8.95 Å². The summed E-state index contributed by atoms with van der Waals surface area (Å²) in [6.07, 6.45) is 0. The van der Waals surface area contributed by atoms with Gasteiger partial charge in [-0.25, -0.2) is 0 Å².